The van der Waals surface area contributed by atoms with Gasteiger partial charge in [-0.15, -0.1) is 0 Å². The van der Waals surface area contributed by atoms with Crippen molar-refractivity contribution in [3.63, 3.8) is 0 Å². The first-order valence-electron chi connectivity index (χ1n) is 17.1. The van der Waals surface area contributed by atoms with Crippen LogP contribution in [0.3, 0.4) is 0 Å². The van der Waals surface area contributed by atoms with Crippen molar-refractivity contribution in [2.45, 2.75) is 12.0 Å². The van der Waals surface area contributed by atoms with Crippen LogP contribution in [0.5, 0.6) is 46.0 Å². The molecule has 0 radical (unpaired) electrons. The van der Waals surface area contributed by atoms with E-state index in [9.17, 15) is 19.7 Å². The van der Waals surface area contributed by atoms with E-state index in [2.05, 4.69) is 5.32 Å². The Hall–Kier alpha value is -6.64. The maximum Gasteiger partial charge on any atom is 0.310 e. The SMILES string of the molecule is COc1cc(/C(=C\c2cccc([N+](=O)[O-])c2)C(=O)N[C@@H]2c3cc4c(cc3[C@@H](c3cc(OC)c(OC)c(OC)c3)[C@H]3C(=O)OC[C@@H]32)OCO4)cc(OC)c1OC. The number of rotatable bonds is 12. The summed E-state index contributed by atoms with van der Waals surface area (Å²) in [4.78, 5) is 39.8. The van der Waals surface area contributed by atoms with Crippen LogP contribution in [0.4, 0.5) is 5.69 Å². The number of ether oxygens (including phenoxy) is 9. The molecule has 15 heteroatoms. The van der Waals surface area contributed by atoms with Crippen LogP contribution in [0.1, 0.15) is 39.8 Å². The smallest absolute Gasteiger partial charge is 0.310 e. The van der Waals surface area contributed by atoms with Crippen molar-refractivity contribution < 1.29 is 57.1 Å². The first-order chi connectivity index (χ1) is 26.6. The van der Waals surface area contributed by atoms with Gasteiger partial charge in [-0.25, -0.2) is 0 Å². The fourth-order valence-corrected chi connectivity index (χ4v) is 7.66. The lowest BCUT2D eigenvalue weighted by atomic mass is 9.65. The van der Waals surface area contributed by atoms with Crippen LogP contribution in [0.15, 0.2) is 60.7 Å². The fraction of sp³-hybridized carbons (Fsp3) is 0.300. The number of nitrogens with one attached hydrogen (secondary N) is 1. The third kappa shape index (κ3) is 6.51. The molecule has 4 aromatic carbocycles. The van der Waals surface area contributed by atoms with Gasteiger partial charge in [-0.1, -0.05) is 12.1 Å². The highest BCUT2D eigenvalue weighted by atomic mass is 16.7. The summed E-state index contributed by atoms with van der Waals surface area (Å²) in [5.74, 6) is 0.142. The van der Waals surface area contributed by atoms with Crippen LogP contribution in [0, 0.1) is 22.0 Å². The third-order valence-corrected chi connectivity index (χ3v) is 10.1. The van der Waals surface area contributed by atoms with Gasteiger partial charge in [-0.3, -0.25) is 19.7 Å². The van der Waals surface area contributed by atoms with E-state index >= 15 is 0 Å². The van der Waals surface area contributed by atoms with Crippen molar-refractivity contribution in [2.24, 2.45) is 11.8 Å². The van der Waals surface area contributed by atoms with E-state index in [1.54, 1.807) is 36.4 Å². The molecule has 1 fully saturated rings. The van der Waals surface area contributed by atoms with Gasteiger partial charge in [-0.05, 0) is 70.3 Å². The number of amides is 1. The van der Waals surface area contributed by atoms with E-state index in [0.717, 1.165) is 0 Å². The fourth-order valence-electron chi connectivity index (χ4n) is 7.66. The van der Waals surface area contributed by atoms with Gasteiger partial charge in [0.2, 0.25) is 18.3 Å². The Kier molecular flexibility index (Phi) is 10.0. The molecule has 2 heterocycles. The summed E-state index contributed by atoms with van der Waals surface area (Å²) in [6.45, 7) is 0.00754. The summed E-state index contributed by atoms with van der Waals surface area (Å²) < 4.78 is 51.0. The normalized spacial score (nSPS) is 19.4. The number of esters is 1. The molecule has 1 saturated heterocycles. The molecule has 55 heavy (non-hydrogen) atoms. The second-order valence-corrected chi connectivity index (χ2v) is 12.9. The number of carbonyl (C=O) groups excluding carboxylic acids is 2. The Morgan fingerprint density at radius 3 is 1.93 bits per heavy atom. The number of cyclic esters (lactones) is 1. The van der Waals surface area contributed by atoms with Gasteiger partial charge in [0.1, 0.15) is 0 Å². The average Bonchev–Trinajstić information content (AvgIpc) is 3.83. The Balaban J connectivity index is 1.39. The van der Waals surface area contributed by atoms with E-state index in [-0.39, 0.29) is 36.2 Å². The standard InChI is InChI=1S/C40H38N2O13/c1-47-30-12-21(13-31(48-2)37(30)51-5)24(11-20-8-7-9-23(10-20)42(45)46)39(43)41-36-26-17-29-28(54-19-55-29)16-25(26)34(35-27(36)18-53-40(35)44)22-14-32(49-3)38(52-6)33(15-22)50-4/h7-17,27,34-36H,18-19H2,1-6H3,(H,41,43)/b24-11+/t27-,34+,35-,36+/m0/s1. The molecular formula is C40H38N2O13. The topological polar surface area (TPSA) is 172 Å². The molecular weight excluding hydrogens is 716 g/mol. The molecule has 0 bridgehead atoms. The Morgan fingerprint density at radius 1 is 0.782 bits per heavy atom. The molecule has 4 atom stereocenters. The van der Waals surface area contributed by atoms with Crippen molar-refractivity contribution in [1.82, 2.24) is 5.32 Å². The van der Waals surface area contributed by atoms with Gasteiger partial charge in [0, 0.05) is 29.5 Å². The largest absolute Gasteiger partial charge is 0.493 e. The minimum absolute atomic E-state index is 0.00374. The van der Waals surface area contributed by atoms with E-state index in [4.69, 9.17) is 42.6 Å². The van der Waals surface area contributed by atoms with E-state index < -0.39 is 40.6 Å². The number of fused-ring (bicyclic) bond motifs is 3. The quantitative estimate of drug-likeness (QED) is 0.0614. The highest BCUT2D eigenvalue weighted by Gasteiger charge is 2.53. The molecule has 0 aromatic heterocycles. The molecule has 286 valence electrons. The molecule has 7 rings (SSSR count). The van der Waals surface area contributed by atoms with Crippen molar-refractivity contribution in [3.8, 4) is 46.0 Å². The lowest BCUT2D eigenvalue weighted by molar-refractivity contribution is -0.384. The zero-order chi connectivity index (χ0) is 39.0. The number of non-ortho nitro benzene ring substituents is 1. The van der Waals surface area contributed by atoms with Crippen molar-refractivity contribution in [1.29, 1.82) is 0 Å². The van der Waals surface area contributed by atoms with E-state index in [0.29, 0.717) is 62.3 Å². The van der Waals surface area contributed by atoms with Crippen LogP contribution in [0.2, 0.25) is 0 Å². The van der Waals surface area contributed by atoms with Gasteiger partial charge in [0.15, 0.2) is 34.5 Å². The highest BCUT2D eigenvalue weighted by molar-refractivity contribution is 6.24. The zero-order valence-corrected chi connectivity index (χ0v) is 30.8. The molecule has 1 amide bonds. The minimum atomic E-state index is -0.776. The Morgan fingerprint density at radius 2 is 1.36 bits per heavy atom. The maximum absolute atomic E-state index is 14.8. The van der Waals surface area contributed by atoms with Crippen molar-refractivity contribution >= 4 is 29.2 Å². The number of nitro benzene ring substituents is 1. The lowest BCUT2D eigenvalue weighted by Crippen LogP contribution is -2.43. The highest BCUT2D eigenvalue weighted by Crippen LogP contribution is 2.56. The van der Waals surface area contributed by atoms with Gasteiger partial charge in [-0.2, -0.15) is 0 Å². The monoisotopic (exact) mass is 754 g/mol. The van der Waals surface area contributed by atoms with Gasteiger partial charge >= 0.3 is 5.97 Å². The van der Waals surface area contributed by atoms with E-state index in [1.165, 1.54) is 60.9 Å². The predicted octanol–water partition coefficient (Wildman–Crippen LogP) is 5.71. The minimum Gasteiger partial charge on any atom is -0.493 e. The number of carbonyl (C=O) groups is 2. The summed E-state index contributed by atoms with van der Waals surface area (Å²) in [6.07, 6.45) is 1.54. The number of hydrogen-bond donors (Lipinski definition) is 1. The zero-order valence-electron chi connectivity index (χ0n) is 30.8. The van der Waals surface area contributed by atoms with Crippen LogP contribution < -0.4 is 43.2 Å². The first-order valence-corrected chi connectivity index (χ1v) is 17.1. The molecule has 3 aliphatic rings. The third-order valence-electron chi connectivity index (χ3n) is 10.1. The molecule has 15 nitrogen and oxygen atoms in total. The molecule has 2 aliphatic heterocycles. The van der Waals surface area contributed by atoms with Crippen LogP contribution in [-0.2, 0) is 14.3 Å². The molecule has 0 unspecified atom stereocenters. The van der Waals surface area contributed by atoms with E-state index in [1.807, 2.05) is 12.1 Å². The number of nitro groups is 1. The summed E-state index contributed by atoms with van der Waals surface area (Å²) >= 11 is 0. The van der Waals surface area contributed by atoms with Gasteiger partial charge in [0.25, 0.3) is 11.6 Å². The van der Waals surface area contributed by atoms with Crippen LogP contribution in [0.25, 0.3) is 11.6 Å². The first kappa shape index (κ1) is 36.7. The molecule has 1 aliphatic carbocycles. The lowest BCUT2D eigenvalue weighted by Gasteiger charge is -2.39. The van der Waals surface area contributed by atoms with Crippen LogP contribution >= 0.6 is 0 Å². The second-order valence-electron chi connectivity index (χ2n) is 12.9. The number of benzene rings is 4. The Bertz CT molecular complexity index is 2170. The average molecular weight is 755 g/mol. The summed E-state index contributed by atoms with van der Waals surface area (Å²) in [5, 5.41) is 14.9. The molecule has 4 aromatic rings. The maximum atomic E-state index is 14.8. The van der Waals surface area contributed by atoms with Gasteiger partial charge < -0.3 is 47.9 Å². The van der Waals surface area contributed by atoms with Gasteiger partial charge in [0.05, 0.1) is 66.1 Å². The van der Waals surface area contributed by atoms with Crippen molar-refractivity contribution in [2.75, 3.05) is 56.1 Å². The second kappa shape index (κ2) is 15.0. The van der Waals surface area contributed by atoms with Crippen LogP contribution in [-0.4, -0.2) is 72.9 Å². The number of methoxy groups -OCH3 is 6. The predicted molar refractivity (Wildman–Crippen MR) is 196 cm³/mol. The van der Waals surface area contributed by atoms with Crippen molar-refractivity contribution in [3.05, 3.63) is 98.6 Å². The summed E-state index contributed by atoms with van der Waals surface area (Å²) in [5.41, 5.74) is 2.79. The summed E-state index contributed by atoms with van der Waals surface area (Å²) in [6, 6.07) is 15.6. The molecule has 0 saturated carbocycles. The molecule has 0 spiro atoms. The summed E-state index contributed by atoms with van der Waals surface area (Å²) in [7, 11) is 8.91. The number of hydrogen-bond acceptors (Lipinski definition) is 13. The number of nitrogens with zero attached hydrogens (tertiary/aromatic N) is 1. The molecule has 1 N–H and O–H groups in total. The Labute approximate surface area is 315 Å².